The first-order valence-corrected chi connectivity index (χ1v) is 7.73. The molecule has 0 aromatic heterocycles. The quantitative estimate of drug-likeness (QED) is 0.731. The van der Waals surface area contributed by atoms with E-state index in [0.29, 0.717) is 0 Å². The summed E-state index contributed by atoms with van der Waals surface area (Å²) in [5.41, 5.74) is 1.48. The lowest BCUT2D eigenvalue weighted by Crippen LogP contribution is -2.16. The molecular weight excluding hydrogens is 204 g/mol. The van der Waals surface area contributed by atoms with Gasteiger partial charge in [-0.3, -0.25) is 0 Å². The van der Waals surface area contributed by atoms with E-state index in [1.54, 1.807) is 0 Å². The van der Waals surface area contributed by atoms with E-state index >= 15 is 0 Å². The number of carboxylic acids is 1. The van der Waals surface area contributed by atoms with Crippen molar-refractivity contribution in [2.24, 2.45) is 0 Å². The van der Waals surface area contributed by atoms with Crippen molar-refractivity contribution < 1.29 is 9.90 Å². The molecular formula is C12H18O2Si. The molecule has 1 aromatic rings. The molecule has 0 aliphatic rings. The summed E-state index contributed by atoms with van der Waals surface area (Å²) in [5.74, 6) is -1.08. The number of benzene rings is 1. The third kappa shape index (κ3) is 10.8. The zero-order valence-corrected chi connectivity index (χ0v) is 10.6. The van der Waals surface area contributed by atoms with Gasteiger partial charge in [-0.1, -0.05) is 30.3 Å². The lowest BCUT2D eigenvalue weighted by Gasteiger charge is -1.94. The molecule has 82 valence electrons. The zero-order chi connectivity index (χ0) is 11.7. The SMILES string of the molecule is CC(=O)[O-].C[Si+](C)CCc1ccccc1. The molecule has 0 fully saturated rings. The number of aryl methyl sites for hydroxylation is 1. The predicted octanol–water partition coefficient (Wildman–Crippen LogP) is 1.74. The molecule has 0 atom stereocenters. The smallest absolute Gasteiger partial charge is 0.308 e. The van der Waals surface area contributed by atoms with Gasteiger partial charge in [0.2, 0.25) is 0 Å². The van der Waals surface area contributed by atoms with Gasteiger partial charge in [-0.15, -0.1) is 0 Å². The van der Waals surface area contributed by atoms with Crippen molar-refractivity contribution in [1.82, 2.24) is 0 Å². The Labute approximate surface area is 93.6 Å². The fraction of sp³-hybridized carbons (Fsp3) is 0.417. The molecule has 0 unspecified atom stereocenters. The van der Waals surface area contributed by atoms with Gasteiger partial charge in [0, 0.05) is 5.97 Å². The topological polar surface area (TPSA) is 40.1 Å². The summed E-state index contributed by atoms with van der Waals surface area (Å²) in [4.78, 5) is 8.89. The van der Waals surface area contributed by atoms with Crippen LogP contribution < -0.4 is 5.11 Å². The highest BCUT2D eigenvalue weighted by molar-refractivity contribution is 6.55. The molecule has 0 saturated heterocycles. The Balaban J connectivity index is 0.000000423. The maximum absolute atomic E-state index is 8.89. The minimum Gasteiger partial charge on any atom is -0.550 e. The van der Waals surface area contributed by atoms with E-state index in [1.807, 2.05) is 0 Å². The molecule has 0 aliphatic carbocycles. The van der Waals surface area contributed by atoms with Crippen LogP contribution in [0.3, 0.4) is 0 Å². The Morgan fingerprint density at radius 3 is 2.13 bits per heavy atom. The number of hydrogen-bond donors (Lipinski definition) is 0. The summed E-state index contributed by atoms with van der Waals surface area (Å²) < 4.78 is 0. The van der Waals surface area contributed by atoms with Crippen molar-refractivity contribution in [3.05, 3.63) is 35.9 Å². The summed E-state index contributed by atoms with van der Waals surface area (Å²) in [6, 6.07) is 12.1. The molecule has 3 heteroatoms. The van der Waals surface area contributed by atoms with E-state index in [-0.39, 0.29) is 8.80 Å². The first-order valence-electron chi connectivity index (χ1n) is 5.03. The summed E-state index contributed by atoms with van der Waals surface area (Å²) >= 11 is 0. The zero-order valence-electron chi connectivity index (χ0n) is 9.62. The molecule has 0 spiro atoms. The van der Waals surface area contributed by atoms with Crippen molar-refractivity contribution >= 4 is 14.8 Å². The fourth-order valence-electron chi connectivity index (χ4n) is 1.04. The second kappa shape index (κ2) is 8.23. The summed E-state index contributed by atoms with van der Waals surface area (Å²) in [6.07, 6.45) is 1.27. The van der Waals surface area contributed by atoms with Crippen molar-refractivity contribution in [2.45, 2.75) is 32.5 Å². The monoisotopic (exact) mass is 222 g/mol. The summed E-state index contributed by atoms with van der Waals surface area (Å²) in [5, 5.41) is 8.89. The van der Waals surface area contributed by atoms with Crippen molar-refractivity contribution in [3.8, 4) is 0 Å². The Morgan fingerprint density at radius 2 is 1.73 bits per heavy atom. The molecule has 1 rings (SSSR count). The van der Waals surface area contributed by atoms with Gasteiger partial charge >= 0.3 is 8.80 Å². The summed E-state index contributed by atoms with van der Waals surface area (Å²) in [6.45, 7) is 5.71. The van der Waals surface area contributed by atoms with Crippen LogP contribution in [0.5, 0.6) is 0 Å². The van der Waals surface area contributed by atoms with Gasteiger partial charge in [0.1, 0.15) is 0 Å². The van der Waals surface area contributed by atoms with Crippen molar-refractivity contribution in [3.63, 3.8) is 0 Å². The van der Waals surface area contributed by atoms with Gasteiger partial charge in [-0.05, 0) is 18.9 Å². The van der Waals surface area contributed by atoms with Crippen LogP contribution in [0.25, 0.3) is 0 Å². The second-order valence-electron chi connectivity index (χ2n) is 3.68. The number of rotatable bonds is 3. The second-order valence-corrected chi connectivity index (χ2v) is 6.60. The van der Waals surface area contributed by atoms with E-state index in [4.69, 9.17) is 9.90 Å². The summed E-state index contributed by atoms with van der Waals surface area (Å²) in [7, 11) is -0.0322. The molecule has 0 heterocycles. The number of aliphatic carboxylic acids is 1. The van der Waals surface area contributed by atoms with E-state index in [2.05, 4.69) is 43.4 Å². The van der Waals surface area contributed by atoms with Crippen LogP contribution in [0.1, 0.15) is 12.5 Å². The predicted molar refractivity (Wildman–Crippen MR) is 63.1 cm³/mol. The van der Waals surface area contributed by atoms with Gasteiger partial charge in [0.05, 0.1) is 19.1 Å². The van der Waals surface area contributed by atoms with Gasteiger partial charge in [0.25, 0.3) is 0 Å². The minimum absolute atomic E-state index is 0.0322. The molecule has 2 nitrogen and oxygen atoms in total. The van der Waals surface area contributed by atoms with E-state index < -0.39 is 5.97 Å². The maximum Gasteiger partial charge on any atom is 0.308 e. The molecule has 0 radical (unpaired) electrons. The molecule has 0 N–H and O–H groups in total. The van der Waals surface area contributed by atoms with Crippen LogP contribution in [-0.2, 0) is 11.2 Å². The van der Waals surface area contributed by atoms with Crippen molar-refractivity contribution in [2.75, 3.05) is 0 Å². The first kappa shape index (κ1) is 13.9. The fourth-order valence-corrected chi connectivity index (χ4v) is 1.83. The van der Waals surface area contributed by atoms with Crippen LogP contribution in [0, 0.1) is 0 Å². The van der Waals surface area contributed by atoms with Gasteiger partial charge < -0.3 is 9.90 Å². The average Bonchev–Trinajstić information content (AvgIpc) is 2.15. The van der Waals surface area contributed by atoms with Crippen LogP contribution in [0.15, 0.2) is 30.3 Å². The Hall–Kier alpha value is -1.09. The highest BCUT2D eigenvalue weighted by Gasteiger charge is 2.09. The Bertz CT molecular complexity index is 266. The van der Waals surface area contributed by atoms with E-state index in [1.165, 1.54) is 18.0 Å². The van der Waals surface area contributed by atoms with E-state index in [9.17, 15) is 0 Å². The lowest BCUT2D eigenvalue weighted by atomic mass is 10.2. The van der Waals surface area contributed by atoms with Crippen LogP contribution in [-0.4, -0.2) is 14.8 Å². The number of carbonyl (C=O) groups excluding carboxylic acids is 1. The number of carbonyl (C=O) groups is 1. The van der Waals surface area contributed by atoms with E-state index in [0.717, 1.165) is 6.92 Å². The van der Waals surface area contributed by atoms with Crippen LogP contribution >= 0.6 is 0 Å². The molecule has 0 amide bonds. The maximum atomic E-state index is 8.89. The molecule has 15 heavy (non-hydrogen) atoms. The average molecular weight is 222 g/mol. The highest BCUT2D eigenvalue weighted by atomic mass is 28.3. The van der Waals surface area contributed by atoms with Gasteiger partial charge in [-0.25, -0.2) is 0 Å². The number of carboxylic acid groups (broad SMARTS) is 1. The molecule has 1 aromatic carbocycles. The third-order valence-electron chi connectivity index (χ3n) is 1.76. The van der Waals surface area contributed by atoms with Gasteiger partial charge in [0.15, 0.2) is 0 Å². The molecule has 0 aliphatic heterocycles. The lowest BCUT2D eigenvalue weighted by molar-refractivity contribution is -0.302. The normalized spacial score (nSPS) is 8.73. The van der Waals surface area contributed by atoms with Gasteiger partial charge in [-0.2, -0.15) is 0 Å². The Kier molecular flexibility index (Phi) is 7.63. The Morgan fingerprint density at radius 1 is 1.27 bits per heavy atom. The first-order chi connectivity index (χ1) is 7.02. The molecule has 0 saturated carbocycles. The highest BCUT2D eigenvalue weighted by Crippen LogP contribution is 2.04. The standard InChI is InChI=1S/C10H15Si.C2H4O2/c1-11(2)9-8-10-6-4-3-5-7-10;1-2(3)4/h3-7H,8-9H2,1-2H3;1H3,(H,3,4)/q+1;/p-1. The van der Waals surface area contributed by atoms with Crippen LogP contribution in [0.4, 0.5) is 0 Å². The minimum atomic E-state index is -1.08. The third-order valence-corrected chi connectivity index (χ3v) is 3.01. The molecule has 0 bridgehead atoms. The van der Waals surface area contributed by atoms with Crippen LogP contribution in [0.2, 0.25) is 19.1 Å². The van der Waals surface area contributed by atoms with Crippen molar-refractivity contribution in [1.29, 1.82) is 0 Å². The number of hydrogen-bond acceptors (Lipinski definition) is 2. The largest absolute Gasteiger partial charge is 0.550 e.